The van der Waals surface area contributed by atoms with Gasteiger partial charge in [-0.15, -0.1) is 0 Å². The minimum Gasteiger partial charge on any atom is -0.388 e. The van der Waals surface area contributed by atoms with Gasteiger partial charge in [-0.1, -0.05) is 67.3 Å². The highest BCUT2D eigenvalue weighted by molar-refractivity contribution is 6.30. The number of halogens is 1. The van der Waals surface area contributed by atoms with E-state index in [0.717, 1.165) is 34.6 Å². The van der Waals surface area contributed by atoms with Crippen LogP contribution in [0.2, 0.25) is 5.02 Å². The summed E-state index contributed by atoms with van der Waals surface area (Å²) in [4.78, 5) is 0. The topological polar surface area (TPSA) is 20.2 Å². The van der Waals surface area contributed by atoms with Crippen molar-refractivity contribution in [2.75, 3.05) is 0 Å². The summed E-state index contributed by atoms with van der Waals surface area (Å²) < 4.78 is 0. The molecule has 1 N–H and O–H groups in total. The van der Waals surface area contributed by atoms with Crippen molar-refractivity contribution in [2.45, 2.75) is 38.2 Å². The molecule has 1 aliphatic carbocycles. The maximum Gasteiger partial charge on any atom is 0.0824 e. The average Bonchev–Trinajstić information content (AvgIpc) is 2.56. The van der Waals surface area contributed by atoms with Crippen LogP contribution >= 0.6 is 11.6 Å². The van der Waals surface area contributed by atoms with Gasteiger partial charge in [-0.25, -0.2) is 0 Å². The zero-order valence-corrected chi connectivity index (χ0v) is 12.9. The molecule has 0 heterocycles. The van der Waals surface area contributed by atoms with Crippen LogP contribution in [0.15, 0.2) is 48.5 Å². The lowest BCUT2D eigenvalue weighted by Crippen LogP contribution is -2.16. The molecule has 3 rings (SSSR count). The predicted molar refractivity (Wildman–Crippen MR) is 88.4 cm³/mol. The van der Waals surface area contributed by atoms with Gasteiger partial charge in [0, 0.05) is 5.02 Å². The molecule has 110 valence electrons. The van der Waals surface area contributed by atoms with Crippen LogP contribution in [0.4, 0.5) is 0 Å². The van der Waals surface area contributed by atoms with Crippen LogP contribution in [0.25, 0.3) is 11.1 Å². The van der Waals surface area contributed by atoms with Crippen LogP contribution in [0.1, 0.15) is 43.8 Å². The molecule has 0 radical (unpaired) electrons. The third-order valence-electron chi connectivity index (χ3n) is 4.53. The van der Waals surface area contributed by atoms with E-state index in [2.05, 4.69) is 12.1 Å². The van der Waals surface area contributed by atoms with Crippen LogP contribution in [-0.4, -0.2) is 5.11 Å². The lowest BCUT2D eigenvalue weighted by molar-refractivity contribution is 0.0853. The Morgan fingerprint density at radius 3 is 2.29 bits per heavy atom. The standard InChI is InChI=1S/C19H21ClO/c20-16-12-10-14(11-13-16)17-8-4-5-9-18(17)19(21)15-6-2-1-3-7-15/h4-5,8-13,15,19,21H,1-3,6-7H2/t19-/m1/s1. The lowest BCUT2D eigenvalue weighted by Gasteiger charge is -2.28. The summed E-state index contributed by atoms with van der Waals surface area (Å²) in [5.41, 5.74) is 3.28. The Morgan fingerprint density at radius 2 is 1.57 bits per heavy atom. The van der Waals surface area contributed by atoms with Crippen molar-refractivity contribution in [1.82, 2.24) is 0 Å². The van der Waals surface area contributed by atoms with Gasteiger partial charge in [-0.2, -0.15) is 0 Å². The molecule has 0 spiro atoms. The summed E-state index contributed by atoms with van der Waals surface area (Å²) in [6.45, 7) is 0. The van der Waals surface area contributed by atoms with E-state index < -0.39 is 0 Å². The fraction of sp³-hybridized carbons (Fsp3) is 0.368. The second-order valence-electron chi connectivity index (χ2n) is 5.94. The number of rotatable bonds is 3. The third kappa shape index (κ3) is 3.30. The molecule has 0 bridgehead atoms. The van der Waals surface area contributed by atoms with E-state index in [4.69, 9.17) is 11.6 Å². The SMILES string of the molecule is O[C@@H](c1ccccc1-c1ccc(Cl)cc1)C1CCCCC1. The molecule has 1 atom stereocenters. The van der Waals surface area contributed by atoms with E-state index >= 15 is 0 Å². The zero-order chi connectivity index (χ0) is 14.7. The van der Waals surface area contributed by atoms with Crippen molar-refractivity contribution >= 4 is 11.6 Å². The van der Waals surface area contributed by atoms with E-state index in [1.807, 2.05) is 36.4 Å². The Labute approximate surface area is 131 Å². The largest absolute Gasteiger partial charge is 0.388 e. The van der Waals surface area contributed by atoms with Gasteiger partial charge in [0.2, 0.25) is 0 Å². The van der Waals surface area contributed by atoms with Crippen molar-refractivity contribution in [3.63, 3.8) is 0 Å². The third-order valence-corrected chi connectivity index (χ3v) is 4.78. The number of hydrogen-bond donors (Lipinski definition) is 1. The van der Waals surface area contributed by atoms with E-state index in [1.165, 1.54) is 19.3 Å². The molecular formula is C19H21ClO. The molecule has 2 aromatic rings. The first-order valence-electron chi connectivity index (χ1n) is 7.78. The minimum atomic E-state index is -0.364. The van der Waals surface area contributed by atoms with Gasteiger partial charge in [-0.3, -0.25) is 0 Å². The molecule has 0 amide bonds. The molecule has 2 heteroatoms. The smallest absolute Gasteiger partial charge is 0.0824 e. The molecule has 1 aliphatic rings. The van der Waals surface area contributed by atoms with Crippen LogP contribution in [0.5, 0.6) is 0 Å². The molecule has 0 saturated heterocycles. The second kappa shape index (κ2) is 6.64. The molecular weight excluding hydrogens is 280 g/mol. The fourth-order valence-electron chi connectivity index (χ4n) is 3.35. The van der Waals surface area contributed by atoms with Gasteiger partial charge in [0.05, 0.1) is 6.10 Å². The highest BCUT2D eigenvalue weighted by atomic mass is 35.5. The molecule has 1 fully saturated rings. The van der Waals surface area contributed by atoms with Crippen molar-refractivity contribution < 1.29 is 5.11 Å². The lowest BCUT2D eigenvalue weighted by atomic mass is 9.81. The highest BCUT2D eigenvalue weighted by Crippen LogP contribution is 2.38. The maximum atomic E-state index is 10.8. The molecule has 2 aromatic carbocycles. The quantitative estimate of drug-likeness (QED) is 0.780. The monoisotopic (exact) mass is 300 g/mol. The van der Waals surface area contributed by atoms with E-state index in [0.29, 0.717) is 5.92 Å². The summed E-state index contributed by atoms with van der Waals surface area (Å²) in [7, 11) is 0. The highest BCUT2D eigenvalue weighted by Gasteiger charge is 2.24. The van der Waals surface area contributed by atoms with Gasteiger partial charge in [-0.05, 0) is 47.6 Å². The van der Waals surface area contributed by atoms with Crippen LogP contribution in [0, 0.1) is 5.92 Å². The van der Waals surface area contributed by atoms with E-state index in [-0.39, 0.29) is 6.10 Å². The van der Waals surface area contributed by atoms with Crippen molar-refractivity contribution in [3.8, 4) is 11.1 Å². The van der Waals surface area contributed by atoms with Crippen molar-refractivity contribution in [2.24, 2.45) is 5.92 Å². The number of aliphatic hydroxyl groups is 1. The van der Waals surface area contributed by atoms with Crippen molar-refractivity contribution in [3.05, 3.63) is 59.1 Å². The summed E-state index contributed by atoms with van der Waals surface area (Å²) >= 11 is 5.97. The van der Waals surface area contributed by atoms with Crippen LogP contribution in [0.3, 0.4) is 0 Å². The van der Waals surface area contributed by atoms with Gasteiger partial charge >= 0.3 is 0 Å². The Bertz CT molecular complexity index is 585. The number of hydrogen-bond acceptors (Lipinski definition) is 1. The maximum absolute atomic E-state index is 10.8. The van der Waals surface area contributed by atoms with E-state index in [9.17, 15) is 5.11 Å². The van der Waals surface area contributed by atoms with E-state index in [1.54, 1.807) is 0 Å². The van der Waals surface area contributed by atoms with Crippen LogP contribution in [-0.2, 0) is 0 Å². The molecule has 0 unspecified atom stereocenters. The zero-order valence-electron chi connectivity index (χ0n) is 12.1. The van der Waals surface area contributed by atoms with Gasteiger partial charge in [0.15, 0.2) is 0 Å². The summed E-state index contributed by atoms with van der Waals surface area (Å²) in [6.07, 6.45) is 5.70. The second-order valence-corrected chi connectivity index (χ2v) is 6.37. The Morgan fingerprint density at radius 1 is 0.905 bits per heavy atom. The fourth-order valence-corrected chi connectivity index (χ4v) is 3.48. The molecule has 0 aliphatic heterocycles. The van der Waals surface area contributed by atoms with Gasteiger partial charge < -0.3 is 5.11 Å². The Hall–Kier alpha value is -1.31. The first kappa shape index (κ1) is 14.6. The first-order chi connectivity index (χ1) is 10.3. The van der Waals surface area contributed by atoms with Gasteiger partial charge in [0.25, 0.3) is 0 Å². The Kier molecular flexibility index (Phi) is 4.62. The molecule has 0 aromatic heterocycles. The molecule has 21 heavy (non-hydrogen) atoms. The number of benzene rings is 2. The minimum absolute atomic E-state index is 0.364. The predicted octanol–water partition coefficient (Wildman–Crippen LogP) is 5.62. The number of aliphatic hydroxyl groups excluding tert-OH is 1. The normalized spacial score (nSPS) is 17.6. The summed E-state index contributed by atoms with van der Waals surface area (Å²) in [6, 6.07) is 16.0. The molecule has 1 nitrogen and oxygen atoms in total. The van der Waals surface area contributed by atoms with Crippen molar-refractivity contribution in [1.29, 1.82) is 0 Å². The summed E-state index contributed by atoms with van der Waals surface area (Å²) in [5, 5.41) is 11.6. The van der Waals surface area contributed by atoms with Gasteiger partial charge in [0.1, 0.15) is 0 Å². The Balaban J connectivity index is 1.93. The van der Waals surface area contributed by atoms with Crippen LogP contribution < -0.4 is 0 Å². The average molecular weight is 301 g/mol. The summed E-state index contributed by atoms with van der Waals surface area (Å²) in [5.74, 6) is 0.396. The molecule has 1 saturated carbocycles. The first-order valence-corrected chi connectivity index (χ1v) is 8.16.